The number of carbonyl (C=O) groups is 1. The molecule has 1 fully saturated rings. The van der Waals surface area contributed by atoms with Crippen LogP contribution in [0.4, 0.5) is 0 Å². The van der Waals surface area contributed by atoms with Gasteiger partial charge < -0.3 is 10.1 Å². The van der Waals surface area contributed by atoms with Crippen molar-refractivity contribution in [2.45, 2.75) is 53.1 Å². The summed E-state index contributed by atoms with van der Waals surface area (Å²) in [6, 6.07) is 0. The van der Waals surface area contributed by atoms with Crippen molar-refractivity contribution in [3.63, 3.8) is 0 Å². The summed E-state index contributed by atoms with van der Waals surface area (Å²) < 4.78 is 5.41. The van der Waals surface area contributed by atoms with E-state index in [0.29, 0.717) is 24.2 Å². The van der Waals surface area contributed by atoms with Gasteiger partial charge in [-0.1, -0.05) is 20.8 Å². The van der Waals surface area contributed by atoms with E-state index >= 15 is 0 Å². The van der Waals surface area contributed by atoms with Crippen LogP contribution in [-0.4, -0.2) is 25.2 Å². The number of piperidine rings is 1. The van der Waals surface area contributed by atoms with Gasteiger partial charge in [-0.2, -0.15) is 0 Å². The smallest absolute Gasteiger partial charge is 0.306 e. The fraction of sp³-hybridized carbons (Fsp3) is 0.929. The Morgan fingerprint density at radius 3 is 2.59 bits per heavy atom. The molecule has 1 N–H and O–H groups in total. The van der Waals surface area contributed by atoms with Crippen LogP contribution in [0.1, 0.15) is 47.0 Å². The summed E-state index contributed by atoms with van der Waals surface area (Å²) in [6.45, 7) is 10.5. The van der Waals surface area contributed by atoms with Crippen LogP contribution in [0.25, 0.3) is 0 Å². The van der Waals surface area contributed by atoms with Gasteiger partial charge in [0.15, 0.2) is 0 Å². The maximum absolute atomic E-state index is 11.8. The van der Waals surface area contributed by atoms with E-state index in [0.717, 1.165) is 13.1 Å². The molecule has 0 aliphatic carbocycles. The highest BCUT2D eigenvalue weighted by Crippen LogP contribution is 2.23. The molecule has 0 saturated carbocycles. The summed E-state index contributed by atoms with van der Waals surface area (Å²) in [5.41, 5.74) is 0. The van der Waals surface area contributed by atoms with E-state index in [1.807, 2.05) is 6.92 Å². The van der Waals surface area contributed by atoms with E-state index in [1.54, 1.807) is 0 Å². The number of nitrogens with one attached hydrogen (secondary N) is 1. The monoisotopic (exact) mass is 241 g/mol. The average molecular weight is 241 g/mol. The van der Waals surface area contributed by atoms with E-state index in [2.05, 4.69) is 26.1 Å². The van der Waals surface area contributed by atoms with Crippen LogP contribution >= 0.6 is 0 Å². The molecule has 0 amide bonds. The Balaban J connectivity index is 2.29. The van der Waals surface area contributed by atoms with Crippen molar-refractivity contribution in [3.05, 3.63) is 0 Å². The van der Waals surface area contributed by atoms with Gasteiger partial charge in [0.1, 0.15) is 6.10 Å². The maximum atomic E-state index is 11.8. The minimum absolute atomic E-state index is 0.0270. The van der Waals surface area contributed by atoms with Gasteiger partial charge in [0.05, 0.1) is 0 Å². The first-order valence-electron chi connectivity index (χ1n) is 6.91. The summed E-state index contributed by atoms with van der Waals surface area (Å²) in [7, 11) is 0. The molecule has 0 aromatic carbocycles. The Hall–Kier alpha value is -0.570. The van der Waals surface area contributed by atoms with Gasteiger partial charge in [0.25, 0.3) is 0 Å². The first kappa shape index (κ1) is 14.5. The van der Waals surface area contributed by atoms with Crippen molar-refractivity contribution >= 4 is 5.97 Å². The number of hydrogen-bond acceptors (Lipinski definition) is 3. The van der Waals surface area contributed by atoms with E-state index in [1.165, 1.54) is 12.8 Å². The molecule has 3 nitrogen and oxygen atoms in total. The topological polar surface area (TPSA) is 38.3 Å². The summed E-state index contributed by atoms with van der Waals surface area (Å²) in [5.74, 6) is 1.41. The molecule has 0 radical (unpaired) electrons. The molecule has 3 heteroatoms. The van der Waals surface area contributed by atoms with Crippen molar-refractivity contribution in [2.24, 2.45) is 17.8 Å². The second kappa shape index (κ2) is 7.00. The third-order valence-corrected chi connectivity index (χ3v) is 3.88. The molecule has 1 aliphatic heterocycles. The van der Waals surface area contributed by atoms with Crippen LogP contribution in [0, 0.1) is 17.8 Å². The summed E-state index contributed by atoms with van der Waals surface area (Å²) in [5, 5.41) is 3.40. The minimum Gasteiger partial charge on any atom is -0.462 e. The van der Waals surface area contributed by atoms with Gasteiger partial charge >= 0.3 is 5.97 Å². The lowest BCUT2D eigenvalue weighted by Gasteiger charge is -2.28. The van der Waals surface area contributed by atoms with E-state index in [9.17, 15) is 4.79 Å². The second-order valence-corrected chi connectivity index (χ2v) is 5.73. The predicted molar refractivity (Wildman–Crippen MR) is 69.8 cm³/mol. The molecule has 0 aromatic heterocycles. The van der Waals surface area contributed by atoms with E-state index < -0.39 is 0 Å². The van der Waals surface area contributed by atoms with Gasteiger partial charge in [0, 0.05) is 6.42 Å². The highest BCUT2D eigenvalue weighted by molar-refractivity contribution is 5.69. The number of carbonyl (C=O) groups excluding carboxylic acids is 1. The standard InChI is InChI=1S/C14H27NO2/c1-10(2)12(4)17-14(16)8-11(3)13-6-5-7-15-9-13/h10-13,15H,5-9H2,1-4H3. The van der Waals surface area contributed by atoms with Crippen LogP contribution in [0.3, 0.4) is 0 Å². The zero-order chi connectivity index (χ0) is 12.8. The molecule has 1 aliphatic rings. The Morgan fingerprint density at radius 1 is 1.35 bits per heavy atom. The lowest BCUT2D eigenvalue weighted by Crippen LogP contribution is -2.34. The molecule has 0 spiro atoms. The Bertz CT molecular complexity index is 234. The van der Waals surface area contributed by atoms with Crippen LogP contribution in [-0.2, 0) is 9.53 Å². The maximum Gasteiger partial charge on any atom is 0.306 e. The van der Waals surface area contributed by atoms with E-state index in [4.69, 9.17) is 4.74 Å². The number of rotatable bonds is 5. The molecule has 3 unspecified atom stereocenters. The first-order chi connectivity index (χ1) is 8.00. The molecule has 1 saturated heterocycles. The van der Waals surface area contributed by atoms with Crippen molar-refractivity contribution in [3.8, 4) is 0 Å². The van der Waals surface area contributed by atoms with Gasteiger partial charge in [-0.15, -0.1) is 0 Å². The SMILES string of the molecule is CC(C)C(C)OC(=O)CC(C)C1CCCNC1. The van der Waals surface area contributed by atoms with Crippen molar-refractivity contribution in [2.75, 3.05) is 13.1 Å². The van der Waals surface area contributed by atoms with Gasteiger partial charge in [-0.25, -0.2) is 0 Å². The molecule has 3 atom stereocenters. The number of ether oxygens (including phenoxy) is 1. The van der Waals surface area contributed by atoms with Crippen LogP contribution in [0.15, 0.2) is 0 Å². The lowest BCUT2D eigenvalue weighted by molar-refractivity contribution is -0.151. The third-order valence-electron chi connectivity index (χ3n) is 3.88. The minimum atomic E-state index is -0.0377. The molecule has 0 aromatic rings. The summed E-state index contributed by atoms with van der Waals surface area (Å²) in [6.07, 6.45) is 3.05. The van der Waals surface area contributed by atoms with Gasteiger partial charge in [0.2, 0.25) is 0 Å². The zero-order valence-corrected chi connectivity index (χ0v) is 11.7. The Labute approximate surface area is 105 Å². The highest BCUT2D eigenvalue weighted by atomic mass is 16.5. The summed E-state index contributed by atoms with van der Waals surface area (Å²) in [4.78, 5) is 11.8. The lowest BCUT2D eigenvalue weighted by atomic mass is 9.85. The average Bonchev–Trinajstić information content (AvgIpc) is 2.29. The fourth-order valence-corrected chi connectivity index (χ4v) is 2.19. The largest absolute Gasteiger partial charge is 0.462 e. The van der Waals surface area contributed by atoms with Gasteiger partial charge in [-0.3, -0.25) is 4.79 Å². The van der Waals surface area contributed by atoms with Gasteiger partial charge in [-0.05, 0) is 50.6 Å². The fourth-order valence-electron chi connectivity index (χ4n) is 2.19. The molecule has 1 heterocycles. The highest BCUT2D eigenvalue weighted by Gasteiger charge is 2.23. The molecule has 1 rings (SSSR count). The summed E-state index contributed by atoms with van der Waals surface area (Å²) >= 11 is 0. The number of esters is 1. The van der Waals surface area contributed by atoms with Crippen molar-refractivity contribution < 1.29 is 9.53 Å². The van der Waals surface area contributed by atoms with Crippen molar-refractivity contribution in [1.29, 1.82) is 0 Å². The molecular formula is C14H27NO2. The molecular weight excluding hydrogens is 214 g/mol. The Morgan fingerprint density at radius 2 is 2.06 bits per heavy atom. The van der Waals surface area contributed by atoms with Crippen LogP contribution in [0.5, 0.6) is 0 Å². The van der Waals surface area contributed by atoms with E-state index in [-0.39, 0.29) is 12.1 Å². The number of hydrogen-bond donors (Lipinski definition) is 1. The Kier molecular flexibility index (Phi) is 5.96. The second-order valence-electron chi connectivity index (χ2n) is 5.73. The van der Waals surface area contributed by atoms with Crippen LogP contribution in [0.2, 0.25) is 0 Å². The third kappa shape index (κ3) is 5.07. The predicted octanol–water partition coefficient (Wildman–Crippen LogP) is 2.60. The molecule has 17 heavy (non-hydrogen) atoms. The normalized spacial score (nSPS) is 24.4. The zero-order valence-electron chi connectivity index (χ0n) is 11.7. The molecule has 100 valence electrons. The molecule has 0 bridgehead atoms. The quantitative estimate of drug-likeness (QED) is 0.752. The van der Waals surface area contributed by atoms with Crippen LogP contribution < -0.4 is 5.32 Å². The first-order valence-corrected chi connectivity index (χ1v) is 6.91. The van der Waals surface area contributed by atoms with Crippen molar-refractivity contribution in [1.82, 2.24) is 5.32 Å².